The molecule has 0 aliphatic heterocycles. The monoisotopic (exact) mass is 339 g/mol. The van der Waals surface area contributed by atoms with Crippen LogP contribution >= 0.6 is 23.2 Å². The first-order valence-corrected chi connectivity index (χ1v) is 7.32. The van der Waals surface area contributed by atoms with Crippen molar-refractivity contribution in [2.45, 2.75) is 6.54 Å². The second-order valence-corrected chi connectivity index (χ2v) is 5.25. The molecule has 0 spiro atoms. The third-order valence-electron chi connectivity index (χ3n) is 2.92. The molecule has 0 aliphatic carbocycles. The van der Waals surface area contributed by atoms with E-state index in [0.717, 1.165) is 11.3 Å². The van der Waals surface area contributed by atoms with Crippen molar-refractivity contribution in [1.82, 2.24) is 5.32 Å². The Labute approximate surface area is 138 Å². The molecule has 0 heterocycles. The van der Waals surface area contributed by atoms with Crippen molar-refractivity contribution in [3.05, 3.63) is 58.1 Å². The lowest BCUT2D eigenvalue weighted by Gasteiger charge is -2.09. The number of ether oxygens (including phenoxy) is 2. The summed E-state index contributed by atoms with van der Waals surface area (Å²) < 4.78 is 10.4. The molecule has 1 amide bonds. The molecule has 2 aromatic rings. The fourth-order valence-corrected chi connectivity index (χ4v) is 2.08. The van der Waals surface area contributed by atoms with E-state index in [0.29, 0.717) is 22.3 Å². The lowest BCUT2D eigenvalue weighted by molar-refractivity contribution is -0.123. The van der Waals surface area contributed by atoms with E-state index in [-0.39, 0.29) is 12.5 Å². The van der Waals surface area contributed by atoms with Crippen LogP contribution in [0.25, 0.3) is 0 Å². The molecule has 0 bridgehead atoms. The van der Waals surface area contributed by atoms with Gasteiger partial charge in [0.05, 0.1) is 12.1 Å². The number of benzene rings is 2. The van der Waals surface area contributed by atoms with Gasteiger partial charge in [0, 0.05) is 6.54 Å². The third kappa shape index (κ3) is 4.55. The second kappa shape index (κ2) is 7.92. The largest absolute Gasteiger partial charge is 0.497 e. The van der Waals surface area contributed by atoms with Gasteiger partial charge in [0.15, 0.2) is 6.61 Å². The van der Waals surface area contributed by atoms with Crippen LogP contribution in [0.15, 0.2) is 42.5 Å². The number of nitrogens with one attached hydrogen (secondary N) is 1. The Kier molecular flexibility index (Phi) is 5.92. The van der Waals surface area contributed by atoms with Crippen LogP contribution in [0.3, 0.4) is 0 Å². The average molecular weight is 340 g/mol. The predicted molar refractivity (Wildman–Crippen MR) is 86.8 cm³/mol. The van der Waals surface area contributed by atoms with Crippen molar-refractivity contribution in [3.8, 4) is 11.5 Å². The Morgan fingerprint density at radius 2 is 1.86 bits per heavy atom. The molecule has 22 heavy (non-hydrogen) atoms. The maximum absolute atomic E-state index is 11.8. The molecule has 2 aromatic carbocycles. The topological polar surface area (TPSA) is 47.6 Å². The zero-order chi connectivity index (χ0) is 15.9. The Morgan fingerprint density at radius 3 is 2.55 bits per heavy atom. The second-order valence-electron chi connectivity index (χ2n) is 4.47. The molecule has 0 unspecified atom stereocenters. The molecular formula is C16H15Cl2NO3. The van der Waals surface area contributed by atoms with Gasteiger partial charge in [0.1, 0.15) is 16.5 Å². The molecule has 0 radical (unpaired) electrons. The summed E-state index contributed by atoms with van der Waals surface area (Å²) in [6.07, 6.45) is 0. The number of carbonyl (C=O) groups is 1. The van der Waals surface area contributed by atoms with Crippen LogP contribution in [-0.2, 0) is 11.3 Å². The van der Waals surface area contributed by atoms with E-state index in [1.165, 1.54) is 0 Å². The van der Waals surface area contributed by atoms with Gasteiger partial charge < -0.3 is 14.8 Å². The van der Waals surface area contributed by atoms with Crippen molar-refractivity contribution < 1.29 is 14.3 Å². The molecule has 0 fully saturated rings. The minimum Gasteiger partial charge on any atom is -0.497 e. The van der Waals surface area contributed by atoms with Crippen LogP contribution in [0.2, 0.25) is 10.0 Å². The first-order valence-electron chi connectivity index (χ1n) is 6.56. The number of hydrogen-bond donors (Lipinski definition) is 1. The third-order valence-corrected chi connectivity index (χ3v) is 3.73. The van der Waals surface area contributed by atoms with E-state index in [9.17, 15) is 4.79 Å². The van der Waals surface area contributed by atoms with Gasteiger partial charge in [-0.05, 0) is 29.8 Å². The summed E-state index contributed by atoms with van der Waals surface area (Å²) in [6, 6.07) is 12.5. The highest BCUT2D eigenvalue weighted by molar-refractivity contribution is 6.42. The summed E-state index contributed by atoms with van der Waals surface area (Å²) in [7, 11) is 1.61. The summed E-state index contributed by atoms with van der Waals surface area (Å²) in [5.41, 5.74) is 0.968. The van der Waals surface area contributed by atoms with Crippen molar-refractivity contribution in [1.29, 1.82) is 0 Å². The highest BCUT2D eigenvalue weighted by atomic mass is 35.5. The first-order chi connectivity index (χ1) is 10.6. The minimum absolute atomic E-state index is 0.129. The fourth-order valence-electron chi connectivity index (χ4n) is 1.73. The van der Waals surface area contributed by atoms with Gasteiger partial charge in [-0.2, -0.15) is 0 Å². The summed E-state index contributed by atoms with van der Waals surface area (Å²) >= 11 is 11.9. The number of amides is 1. The van der Waals surface area contributed by atoms with Gasteiger partial charge >= 0.3 is 0 Å². The van der Waals surface area contributed by atoms with Crippen LogP contribution in [-0.4, -0.2) is 19.6 Å². The number of hydrogen-bond acceptors (Lipinski definition) is 3. The number of halogens is 2. The average Bonchev–Trinajstić information content (AvgIpc) is 2.54. The zero-order valence-electron chi connectivity index (χ0n) is 11.9. The lowest BCUT2D eigenvalue weighted by atomic mass is 10.2. The van der Waals surface area contributed by atoms with Gasteiger partial charge in [0.2, 0.25) is 0 Å². The summed E-state index contributed by atoms with van der Waals surface area (Å²) in [5, 5.41) is 3.45. The Morgan fingerprint density at radius 1 is 1.14 bits per heavy atom. The summed E-state index contributed by atoms with van der Waals surface area (Å²) in [6.45, 7) is 0.283. The molecule has 2 rings (SSSR count). The van der Waals surface area contributed by atoms with Gasteiger partial charge in [-0.1, -0.05) is 41.4 Å². The zero-order valence-corrected chi connectivity index (χ0v) is 13.4. The van der Waals surface area contributed by atoms with E-state index in [4.69, 9.17) is 32.7 Å². The first kappa shape index (κ1) is 16.5. The van der Waals surface area contributed by atoms with E-state index in [1.54, 1.807) is 25.3 Å². The number of rotatable bonds is 6. The molecule has 0 aliphatic rings. The van der Waals surface area contributed by atoms with Crippen LogP contribution in [0.1, 0.15) is 5.56 Å². The van der Waals surface area contributed by atoms with Crippen molar-refractivity contribution >= 4 is 29.1 Å². The molecule has 0 atom stereocenters. The molecule has 0 saturated carbocycles. The highest BCUT2D eigenvalue weighted by Crippen LogP contribution is 2.31. The van der Waals surface area contributed by atoms with Crippen LogP contribution in [0, 0.1) is 0 Å². The maximum atomic E-state index is 11.8. The van der Waals surface area contributed by atoms with Crippen LogP contribution in [0.4, 0.5) is 0 Å². The molecular weight excluding hydrogens is 325 g/mol. The standard InChI is InChI=1S/C16H15Cl2NO3/c1-21-12-7-5-11(6-8-12)9-19-15(20)10-22-14-4-2-3-13(17)16(14)18/h2-8H,9-10H2,1H3,(H,19,20). The molecule has 6 heteroatoms. The van der Waals surface area contributed by atoms with Gasteiger partial charge in [0.25, 0.3) is 5.91 Å². The molecule has 4 nitrogen and oxygen atoms in total. The van der Waals surface area contributed by atoms with Crippen molar-refractivity contribution in [2.24, 2.45) is 0 Å². The molecule has 1 N–H and O–H groups in total. The van der Waals surface area contributed by atoms with E-state index < -0.39 is 0 Å². The minimum atomic E-state index is -0.244. The number of methoxy groups -OCH3 is 1. The van der Waals surface area contributed by atoms with E-state index in [1.807, 2.05) is 24.3 Å². The van der Waals surface area contributed by atoms with Crippen molar-refractivity contribution in [2.75, 3.05) is 13.7 Å². The van der Waals surface area contributed by atoms with Gasteiger partial charge in [-0.25, -0.2) is 0 Å². The fraction of sp³-hybridized carbons (Fsp3) is 0.188. The quantitative estimate of drug-likeness (QED) is 0.872. The SMILES string of the molecule is COc1ccc(CNC(=O)COc2cccc(Cl)c2Cl)cc1. The summed E-state index contributed by atoms with van der Waals surface area (Å²) in [4.78, 5) is 11.8. The summed E-state index contributed by atoms with van der Waals surface area (Å²) in [5.74, 6) is 0.912. The maximum Gasteiger partial charge on any atom is 0.258 e. The van der Waals surface area contributed by atoms with Crippen LogP contribution in [0.5, 0.6) is 11.5 Å². The van der Waals surface area contributed by atoms with Gasteiger partial charge in [-0.15, -0.1) is 0 Å². The normalized spacial score (nSPS) is 10.1. The molecule has 0 saturated heterocycles. The Hall–Kier alpha value is -1.91. The Balaban J connectivity index is 1.81. The smallest absolute Gasteiger partial charge is 0.258 e. The lowest BCUT2D eigenvalue weighted by Crippen LogP contribution is -2.28. The highest BCUT2D eigenvalue weighted by Gasteiger charge is 2.08. The van der Waals surface area contributed by atoms with Gasteiger partial charge in [-0.3, -0.25) is 4.79 Å². The Bertz CT molecular complexity index is 644. The predicted octanol–water partition coefficient (Wildman–Crippen LogP) is 3.70. The van der Waals surface area contributed by atoms with E-state index >= 15 is 0 Å². The molecule has 116 valence electrons. The molecule has 0 aromatic heterocycles. The van der Waals surface area contributed by atoms with Crippen LogP contribution < -0.4 is 14.8 Å². The van der Waals surface area contributed by atoms with E-state index in [2.05, 4.69) is 5.32 Å². The number of carbonyl (C=O) groups excluding carboxylic acids is 1. The van der Waals surface area contributed by atoms with Crippen molar-refractivity contribution in [3.63, 3.8) is 0 Å².